The van der Waals surface area contributed by atoms with Gasteiger partial charge in [0.1, 0.15) is 10.7 Å². The number of nitrogens with one attached hydrogen (secondary N) is 1. The van der Waals surface area contributed by atoms with E-state index in [1.807, 2.05) is 24.1 Å². The molecule has 0 radical (unpaired) electrons. The van der Waals surface area contributed by atoms with Crippen molar-refractivity contribution in [3.05, 3.63) is 23.8 Å². The van der Waals surface area contributed by atoms with Gasteiger partial charge in [-0.15, -0.1) is 0 Å². The maximum absolute atomic E-state index is 11.9. The number of benzene rings is 1. The van der Waals surface area contributed by atoms with E-state index in [2.05, 4.69) is 5.32 Å². The van der Waals surface area contributed by atoms with Crippen LogP contribution in [0.2, 0.25) is 0 Å². The molecule has 20 heavy (non-hydrogen) atoms. The Morgan fingerprint density at radius 3 is 2.80 bits per heavy atom. The highest BCUT2D eigenvalue weighted by atomic mass is 32.1. The number of methoxy groups -OCH3 is 1. The minimum Gasteiger partial charge on any atom is -0.497 e. The number of anilines is 1. The number of nitrogens with two attached hydrogens (primary N) is 1. The van der Waals surface area contributed by atoms with Crippen LogP contribution >= 0.6 is 12.2 Å². The van der Waals surface area contributed by atoms with Gasteiger partial charge in [0.15, 0.2) is 0 Å². The van der Waals surface area contributed by atoms with Gasteiger partial charge in [-0.25, -0.2) is 0 Å². The van der Waals surface area contributed by atoms with Gasteiger partial charge in [0, 0.05) is 24.7 Å². The molecule has 5 nitrogen and oxygen atoms in total. The molecule has 1 amide bonds. The van der Waals surface area contributed by atoms with E-state index in [0.29, 0.717) is 16.8 Å². The lowest BCUT2D eigenvalue weighted by molar-refractivity contribution is -0.119. The molecule has 108 valence electrons. The van der Waals surface area contributed by atoms with E-state index < -0.39 is 0 Å². The van der Waals surface area contributed by atoms with Crippen LogP contribution in [0.1, 0.15) is 18.4 Å². The number of amides is 1. The van der Waals surface area contributed by atoms with E-state index in [1.165, 1.54) is 0 Å². The smallest absolute Gasteiger partial charge is 0.239 e. The van der Waals surface area contributed by atoms with E-state index >= 15 is 0 Å². The Bertz CT molecular complexity index is 529. The van der Waals surface area contributed by atoms with Gasteiger partial charge in [0.05, 0.1) is 19.3 Å². The normalized spacial score (nSPS) is 13.7. The SMILES string of the molecule is COc1ccc(C(N)=S)c(N(C)CC(=O)NC2CC2)c1. The monoisotopic (exact) mass is 293 g/mol. The summed E-state index contributed by atoms with van der Waals surface area (Å²) < 4.78 is 5.21. The Labute approximate surface area is 124 Å². The molecule has 1 aromatic carbocycles. The molecule has 1 aliphatic carbocycles. The van der Waals surface area contributed by atoms with E-state index in [4.69, 9.17) is 22.7 Å². The molecular weight excluding hydrogens is 274 g/mol. The van der Waals surface area contributed by atoms with Crippen molar-refractivity contribution in [1.82, 2.24) is 5.32 Å². The van der Waals surface area contributed by atoms with Gasteiger partial charge in [-0.05, 0) is 25.0 Å². The van der Waals surface area contributed by atoms with Crippen LogP contribution in [0, 0.1) is 0 Å². The number of hydrogen-bond donors (Lipinski definition) is 2. The van der Waals surface area contributed by atoms with Gasteiger partial charge in [0.25, 0.3) is 0 Å². The number of hydrogen-bond acceptors (Lipinski definition) is 4. The summed E-state index contributed by atoms with van der Waals surface area (Å²) in [7, 11) is 3.43. The largest absolute Gasteiger partial charge is 0.497 e. The molecule has 1 saturated carbocycles. The molecule has 0 atom stereocenters. The fourth-order valence-electron chi connectivity index (χ4n) is 1.96. The number of carbonyl (C=O) groups excluding carboxylic acids is 1. The minimum absolute atomic E-state index is 0.00621. The summed E-state index contributed by atoms with van der Waals surface area (Å²) in [6.45, 7) is 0.263. The first kappa shape index (κ1) is 14.6. The molecule has 2 rings (SSSR count). The topological polar surface area (TPSA) is 67.6 Å². The Morgan fingerprint density at radius 1 is 1.55 bits per heavy atom. The van der Waals surface area contributed by atoms with E-state index in [9.17, 15) is 4.79 Å². The maximum Gasteiger partial charge on any atom is 0.239 e. The molecule has 0 unspecified atom stereocenters. The Kier molecular flexibility index (Phi) is 4.44. The highest BCUT2D eigenvalue weighted by molar-refractivity contribution is 7.80. The number of rotatable bonds is 6. The van der Waals surface area contributed by atoms with Gasteiger partial charge in [-0.3, -0.25) is 4.79 Å². The standard InChI is InChI=1S/C14H19N3O2S/c1-17(8-13(18)16-9-3-4-9)12-7-10(19-2)5-6-11(12)14(15)20/h5-7,9H,3-4,8H2,1-2H3,(H2,15,20)(H,16,18). The number of thiocarbonyl (C=S) groups is 1. The Morgan fingerprint density at radius 2 is 2.25 bits per heavy atom. The van der Waals surface area contributed by atoms with Gasteiger partial charge in [-0.1, -0.05) is 12.2 Å². The summed E-state index contributed by atoms with van der Waals surface area (Å²) in [5.74, 6) is 0.709. The number of likely N-dealkylation sites (N-methyl/N-ethyl adjacent to an activating group) is 1. The van der Waals surface area contributed by atoms with Crippen LogP contribution in [0.5, 0.6) is 5.75 Å². The van der Waals surface area contributed by atoms with Gasteiger partial charge >= 0.3 is 0 Å². The first-order chi connectivity index (χ1) is 9.51. The lowest BCUT2D eigenvalue weighted by atomic mass is 10.1. The first-order valence-electron chi connectivity index (χ1n) is 6.49. The van der Waals surface area contributed by atoms with Gasteiger partial charge < -0.3 is 20.7 Å². The van der Waals surface area contributed by atoms with Crippen molar-refractivity contribution >= 4 is 28.8 Å². The molecule has 0 spiro atoms. The van der Waals surface area contributed by atoms with Crippen LogP contribution in [0.4, 0.5) is 5.69 Å². The maximum atomic E-state index is 11.9. The molecular formula is C14H19N3O2S. The average Bonchev–Trinajstić information content (AvgIpc) is 3.21. The molecule has 0 aromatic heterocycles. The molecule has 3 N–H and O–H groups in total. The highest BCUT2D eigenvalue weighted by Gasteiger charge is 2.24. The van der Waals surface area contributed by atoms with E-state index in [0.717, 1.165) is 24.1 Å². The highest BCUT2D eigenvalue weighted by Crippen LogP contribution is 2.25. The minimum atomic E-state index is 0.00621. The predicted octanol–water partition coefficient (Wildman–Crippen LogP) is 1.04. The van der Waals surface area contributed by atoms with E-state index in [1.54, 1.807) is 13.2 Å². The van der Waals surface area contributed by atoms with Gasteiger partial charge in [-0.2, -0.15) is 0 Å². The Hall–Kier alpha value is -1.82. The number of ether oxygens (including phenoxy) is 1. The number of carbonyl (C=O) groups is 1. The van der Waals surface area contributed by atoms with Crippen LogP contribution in [0.15, 0.2) is 18.2 Å². The molecule has 1 aromatic rings. The Balaban J connectivity index is 2.15. The average molecular weight is 293 g/mol. The molecule has 1 aliphatic rings. The number of nitrogens with zero attached hydrogens (tertiary/aromatic N) is 1. The van der Waals surface area contributed by atoms with Crippen LogP contribution in [0.3, 0.4) is 0 Å². The van der Waals surface area contributed by atoms with Crippen LogP contribution in [-0.2, 0) is 4.79 Å². The second kappa shape index (κ2) is 6.09. The molecule has 0 aliphatic heterocycles. The van der Waals surface area contributed by atoms with Crippen LogP contribution < -0.4 is 20.7 Å². The fourth-order valence-corrected chi connectivity index (χ4v) is 2.14. The van der Waals surface area contributed by atoms with Crippen molar-refractivity contribution in [2.24, 2.45) is 5.73 Å². The van der Waals surface area contributed by atoms with Gasteiger partial charge in [0.2, 0.25) is 5.91 Å². The second-order valence-corrected chi connectivity index (χ2v) is 5.39. The summed E-state index contributed by atoms with van der Waals surface area (Å²) in [5, 5.41) is 2.96. The summed E-state index contributed by atoms with van der Waals surface area (Å²) in [5.41, 5.74) is 7.26. The third-order valence-electron chi connectivity index (χ3n) is 3.20. The lowest BCUT2D eigenvalue weighted by Crippen LogP contribution is -2.37. The summed E-state index contributed by atoms with van der Waals surface area (Å²) in [6.07, 6.45) is 2.15. The van der Waals surface area contributed by atoms with Crippen LogP contribution in [0.25, 0.3) is 0 Å². The predicted molar refractivity (Wildman–Crippen MR) is 83.3 cm³/mol. The zero-order chi connectivity index (χ0) is 14.7. The summed E-state index contributed by atoms with van der Waals surface area (Å²) in [4.78, 5) is 14.0. The van der Waals surface area contributed by atoms with Crippen molar-refractivity contribution in [3.63, 3.8) is 0 Å². The summed E-state index contributed by atoms with van der Waals surface area (Å²) in [6, 6.07) is 5.80. The molecule has 0 bridgehead atoms. The van der Waals surface area contributed by atoms with E-state index in [-0.39, 0.29) is 12.5 Å². The van der Waals surface area contributed by atoms with Crippen molar-refractivity contribution in [2.45, 2.75) is 18.9 Å². The van der Waals surface area contributed by atoms with Crippen molar-refractivity contribution < 1.29 is 9.53 Å². The lowest BCUT2D eigenvalue weighted by Gasteiger charge is -2.22. The summed E-state index contributed by atoms with van der Waals surface area (Å²) >= 11 is 5.05. The zero-order valence-electron chi connectivity index (χ0n) is 11.7. The third kappa shape index (κ3) is 3.60. The molecule has 0 heterocycles. The van der Waals surface area contributed by atoms with Crippen LogP contribution in [-0.4, -0.2) is 37.6 Å². The first-order valence-corrected chi connectivity index (χ1v) is 6.90. The molecule has 1 fully saturated rings. The third-order valence-corrected chi connectivity index (χ3v) is 3.42. The quantitative estimate of drug-likeness (QED) is 0.767. The second-order valence-electron chi connectivity index (χ2n) is 4.95. The molecule has 6 heteroatoms. The fraction of sp³-hybridized carbons (Fsp3) is 0.429. The zero-order valence-corrected chi connectivity index (χ0v) is 12.5. The van der Waals surface area contributed by atoms with Crippen molar-refractivity contribution in [2.75, 3.05) is 25.6 Å². The van der Waals surface area contributed by atoms with Crippen molar-refractivity contribution in [3.8, 4) is 5.75 Å². The van der Waals surface area contributed by atoms with Crippen molar-refractivity contribution in [1.29, 1.82) is 0 Å². The molecule has 0 saturated heterocycles.